The Morgan fingerprint density at radius 2 is 2.11 bits per heavy atom. The molecule has 1 aliphatic rings. The van der Waals surface area contributed by atoms with Gasteiger partial charge in [0.25, 0.3) is 5.91 Å². The molecule has 0 unspecified atom stereocenters. The highest BCUT2D eigenvalue weighted by atomic mass is 32.2. The number of piperidine rings is 1. The molecule has 0 atom stereocenters. The minimum Gasteiger partial charge on any atom is -0.349 e. The number of rotatable bonds is 3. The Hall–Kier alpha value is -1.00. The lowest BCUT2D eigenvalue weighted by Gasteiger charge is -2.29. The summed E-state index contributed by atoms with van der Waals surface area (Å²) in [5, 5.41) is 3.13. The summed E-state index contributed by atoms with van der Waals surface area (Å²) in [5.74, 6) is 0.0560. The Morgan fingerprint density at radius 3 is 2.78 bits per heavy atom. The van der Waals surface area contributed by atoms with Crippen molar-refractivity contribution in [3.63, 3.8) is 0 Å². The van der Waals surface area contributed by atoms with E-state index in [9.17, 15) is 4.79 Å². The van der Waals surface area contributed by atoms with Crippen molar-refractivity contribution in [2.24, 2.45) is 0 Å². The van der Waals surface area contributed by atoms with E-state index >= 15 is 0 Å². The third-order valence-electron chi connectivity index (χ3n) is 3.39. The molecule has 0 aromatic heterocycles. The number of hydrogen-bond donors (Lipinski definition) is 1. The van der Waals surface area contributed by atoms with Gasteiger partial charge in [-0.25, -0.2) is 0 Å². The van der Waals surface area contributed by atoms with Gasteiger partial charge in [0.1, 0.15) is 0 Å². The van der Waals surface area contributed by atoms with E-state index in [1.807, 2.05) is 30.5 Å². The molecule has 0 bridgehead atoms. The van der Waals surface area contributed by atoms with E-state index < -0.39 is 0 Å². The summed E-state index contributed by atoms with van der Waals surface area (Å²) < 4.78 is 0. The van der Waals surface area contributed by atoms with E-state index in [0.29, 0.717) is 6.04 Å². The van der Waals surface area contributed by atoms with E-state index in [1.54, 1.807) is 11.8 Å². The summed E-state index contributed by atoms with van der Waals surface area (Å²) in [6.07, 6.45) is 4.11. The van der Waals surface area contributed by atoms with Crippen molar-refractivity contribution in [1.82, 2.24) is 10.2 Å². The van der Waals surface area contributed by atoms with Gasteiger partial charge in [0.05, 0.1) is 0 Å². The molecule has 1 heterocycles. The van der Waals surface area contributed by atoms with Gasteiger partial charge in [-0.1, -0.05) is 6.07 Å². The predicted molar refractivity (Wildman–Crippen MR) is 76.2 cm³/mol. The molecule has 0 spiro atoms. The molecular formula is C14H20N2OS. The van der Waals surface area contributed by atoms with Gasteiger partial charge in [0, 0.05) is 16.5 Å². The van der Waals surface area contributed by atoms with Crippen LogP contribution in [0.4, 0.5) is 0 Å². The Bertz CT molecular complexity index is 414. The molecule has 0 saturated carbocycles. The second-order valence-electron chi connectivity index (χ2n) is 4.78. The van der Waals surface area contributed by atoms with Crippen LogP contribution in [0, 0.1) is 0 Å². The van der Waals surface area contributed by atoms with Gasteiger partial charge in [-0.3, -0.25) is 4.79 Å². The lowest BCUT2D eigenvalue weighted by molar-refractivity contribution is 0.0916. The van der Waals surface area contributed by atoms with Gasteiger partial charge < -0.3 is 10.2 Å². The molecule has 1 aromatic rings. The largest absolute Gasteiger partial charge is 0.349 e. The lowest BCUT2D eigenvalue weighted by atomic mass is 10.0. The number of hydrogen-bond acceptors (Lipinski definition) is 3. The van der Waals surface area contributed by atoms with Gasteiger partial charge in [0.15, 0.2) is 0 Å². The number of carbonyl (C=O) groups is 1. The normalized spacial score (nSPS) is 17.7. The molecule has 0 aliphatic carbocycles. The average molecular weight is 264 g/mol. The third-order valence-corrected chi connectivity index (χ3v) is 4.11. The molecule has 1 aliphatic heterocycles. The molecule has 1 aromatic carbocycles. The van der Waals surface area contributed by atoms with E-state index in [2.05, 4.69) is 17.3 Å². The summed E-state index contributed by atoms with van der Waals surface area (Å²) in [7, 11) is 2.12. The minimum atomic E-state index is 0.0560. The predicted octanol–water partition coefficient (Wildman–Crippen LogP) is 2.23. The van der Waals surface area contributed by atoms with Crippen molar-refractivity contribution in [1.29, 1.82) is 0 Å². The van der Waals surface area contributed by atoms with Crippen LogP contribution in [0.15, 0.2) is 29.2 Å². The summed E-state index contributed by atoms with van der Waals surface area (Å²) >= 11 is 1.66. The van der Waals surface area contributed by atoms with Crippen LogP contribution in [0.5, 0.6) is 0 Å². The topological polar surface area (TPSA) is 32.3 Å². The number of thioether (sulfide) groups is 1. The van der Waals surface area contributed by atoms with Crippen molar-refractivity contribution in [3.8, 4) is 0 Å². The summed E-state index contributed by atoms with van der Waals surface area (Å²) in [6, 6.07) is 8.12. The maximum atomic E-state index is 12.1. The molecule has 1 saturated heterocycles. The zero-order valence-electron chi connectivity index (χ0n) is 11.0. The van der Waals surface area contributed by atoms with Crippen LogP contribution in [0.2, 0.25) is 0 Å². The van der Waals surface area contributed by atoms with Crippen molar-refractivity contribution >= 4 is 17.7 Å². The first kappa shape index (κ1) is 13.4. The Morgan fingerprint density at radius 1 is 1.39 bits per heavy atom. The van der Waals surface area contributed by atoms with E-state index in [-0.39, 0.29) is 5.91 Å². The van der Waals surface area contributed by atoms with Crippen LogP contribution in [0.3, 0.4) is 0 Å². The van der Waals surface area contributed by atoms with Crippen LogP contribution < -0.4 is 5.32 Å². The van der Waals surface area contributed by atoms with Crippen LogP contribution >= 0.6 is 11.8 Å². The van der Waals surface area contributed by atoms with Crippen molar-refractivity contribution in [2.45, 2.75) is 23.8 Å². The van der Waals surface area contributed by atoms with Crippen molar-refractivity contribution in [2.75, 3.05) is 26.4 Å². The fourth-order valence-electron chi connectivity index (χ4n) is 2.19. The first-order chi connectivity index (χ1) is 8.69. The molecule has 2 rings (SSSR count). The number of amides is 1. The van der Waals surface area contributed by atoms with Crippen LogP contribution in [-0.2, 0) is 0 Å². The summed E-state index contributed by atoms with van der Waals surface area (Å²) in [6.45, 7) is 2.13. The molecular weight excluding hydrogens is 244 g/mol. The number of nitrogens with one attached hydrogen (secondary N) is 1. The monoisotopic (exact) mass is 264 g/mol. The smallest absolute Gasteiger partial charge is 0.251 e. The molecule has 98 valence electrons. The Balaban J connectivity index is 1.94. The summed E-state index contributed by atoms with van der Waals surface area (Å²) in [4.78, 5) is 15.6. The lowest BCUT2D eigenvalue weighted by Crippen LogP contribution is -2.43. The molecule has 1 fully saturated rings. The highest BCUT2D eigenvalue weighted by Gasteiger charge is 2.18. The molecule has 1 amide bonds. The van der Waals surface area contributed by atoms with Crippen LogP contribution in [0.25, 0.3) is 0 Å². The van der Waals surface area contributed by atoms with Crippen molar-refractivity contribution < 1.29 is 4.79 Å². The van der Waals surface area contributed by atoms with Crippen LogP contribution in [-0.4, -0.2) is 43.2 Å². The quantitative estimate of drug-likeness (QED) is 0.850. The second kappa shape index (κ2) is 6.25. The second-order valence-corrected chi connectivity index (χ2v) is 5.66. The van der Waals surface area contributed by atoms with Gasteiger partial charge in [-0.15, -0.1) is 11.8 Å². The summed E-state index contributed by atoms with van der Waals surface area (Å²) in [5.41, 5.74) is 0.765. The van der Waals surface area contributed by atoms with Gasteiger partial charge in [0.2, 0.25) is 0 Å². The highest BCUT2D eigenvalue weighted by molar-refractivity contribution is 7.98. The number of nitrogens with zero attached hydrogens (tertiary/aromatic N) is 1. The third kappa shape index (κ3) is 3.50. The van der Waals surface area contributed by atoms with E-state index in [4.69, 9.17) is 0 Å². The van der Waals surface area contributed by atoms with Crippen LogP contribution in [0.1, 0.15) is 23.2 Å². The standard InChI is InChI=1S/C14H20N2OS/c1-16-8-6-12(7-9-16)15-14(17)11-4-3-5-13(10-11)18-2/h3-5,10,12H,6-9H2,1-2H3,(H,15,17). The maximum Gasteiger partial charge on any atom is 0.251 e. The number of carbonyl (C=O) groups excluding carboxylic acids is 1. The Labute approximate surface area is 113 Å². The fourth-order valence-corrected chi connectivity index (χ4v) is 2.65. The van der Waals surface area contributed by atoms with Crippen molar-refractivity contribution in [3.05, 3.63) is 29.8 Å². The number of benzene rings is 1. The zero-order valence-corrected chi connectivity index (χ0v) is 11.8. The zero-order chi connectivity index (χ0) is 13.0. The maximum absolute atomic E-state index is 12.1. The first-order valence-electron chi connectivity index (χ1n) is 6.32. The molecule has 18 heavy (non-hydrogen) atoms. The first-order valence-corrected chi connectivity index (χ1v) is 7.55. The SMILES string of the molecule is CSc1cccc(C(=O)NC2CCN(C)CC2)c1. The molecule has 4 heteroatoms. The Kier molecular flexibility index (Phi) is 4.66. The highest BCUT2D eigenvalue weighted by Crippen LogP contribution is 2.16. The molecule has 3 nitrogen and oxygen atoms in total. The molecule has 1 N–H and O–H groups in total. The van der Waals surface area contributed by atoms with Gasteiger partial charge in [-0.2, -0.15) is 0 Å². The fraction of sp³-hybridized carbons (Fsp3) is 0.500. The van der Waals surface area contributed by atoms with E-state index in [1.165, 1.54) is 0 Å². The number of likely N-dealkylation sites (tertiary alicyclic amines) is 1. The molecule has 0 radical (unpaired) electrons. The minimum absolute atomic E-state index is 0.0560. The van der Waals surface area contributed by atoms with E-state index in [0.717, 1.165) is 36.4 Å². The van der Waals surface area contributed by atoms with Gasteiger partial charge in [-0.05, 0) is 57.4 Å². The van der Waals surface area contributed by atoms with Gasteiger partial charge >= 0.3 is 0 Å². The average Bonchev–Trinajstić information content (AvgIpc) is 2.41.